The van der Waals surface area contributed by atoms with Gasteiger partial charge in [-0.25, -0.2) is 4.98 Å². The zero-order valence-corrected chi connectivity index (χ0v) is 11.9. The zero-order valence-electron chi connectivity index (χ0n) is 10.3. The Bertz CT molecular complexity index is 554. The van der Waals surface area contributed by atoms with Gasteiger partial charge in [0.25, 0.3) is 0 Å². The predicted octanol–water partition coefficient (Wildman–Crippen LogP) is 2.46. The van der Waals surface area contributed by atoms with Gasteiger partial charge in [-0.3, -0.25) is 4.79 Å². The van der Waals surface area contributed by atoms with E-state index >= 15 is 0 Å². The van der Waals surface area contributed by atoms with Gasteiger partial charge in [0.2, 0.25) is 5.91 Å². The van der Waals surface area contributed by atoms with Crippen molar-refractivity contribution in [2.75, 3.05) is 23.9 Å². The number of carbonyl (C=O) groups excluding carboxylic acids is 1. The van der Waals surface area contributed by atoms with Gasteiger partial charge in [0, 0.05) is 5.69 Å². The summed E-state index contributed by atoms with van der Waals surface area (Å²) >= 11 is 2.79. The molecular weight excluding hydrogens is 282 g/mol. The summed E-state index contributed by atoms with van der Waals surface area (Å²) in [5.74, 6) is 1.02. The van der Waals surface area contributed by atoms with Gasteiger partial charge in [0.1, 0.15) is 5.75 Å². The lowest BCUT2D eigenvalue weighted by atomic mass is 10.3. The third-order valence-electron chi connectivity index (χ3n) is 2.22. The van der Waals surface area contributed by atoms with Crippen LogP contribution in [0.15, 0.2) is 34.7 Å². The van der Waals surface area contributed by atoms with Gasteiger partial charge in [-0.15, -0.1) is 11.8 Å². The van der Waals surface area contributed by atoms with E-state index in [9.17, 15) is 4.79 Å². The molecule has 0 unspecified atom stereocenters. The number of benzene rings is 1. The Morgan fingerprint density at radius 1 is 1.47 bits per heavy atom. The van der Waals surface area contributed by atoms with E-state index in [2.05, 4.69) is 10.3 Å². The summed E-state index contributed by atoms with van der Waals surface area (Å²) in [5, 5.41) is 3.32. The van der Waals surface area contributed by atoms with Crippen LogP contribution in [0.3, 0.4) is 0 Å². The van der Waals surface area contributed by atoms with E-state index in [1.54, 1.807) is 37.6 Å². The van der Waals surface area contributed by atoms with Crippen LogP contribution in [0.1, 0.15) is 0 Å². The fourth-order valence-electron chi connectivity index (χ4n) is 1.35. The molecule has 0 fully saturated rings. The Balaban J connectivity index is 1.83. The highest BCUT2D eigenvalue weighted by atomic mass is 32.2. The molecule has 2 aromatic rings. The van der Waals surface area contributed by atoms with Crippen LogP contribution in [0.2, 0.25) is 0 Å². The van der Waals surface area contributed by atoms with Gasteiger partial charge < -0.3 is 15.8 Å². The third kappa shape index (κ3) is 4.15. The first-order valence-electron chi connectivity index (χ1n) is 5.45. The first-order valence-corrected chi connectivity index (χ1v) is 7.25. The molecule has 0 spiro atoms. The smallest absolute Gasteiger partial charge is 0.234 e. The van der Waals surface area contributed by atoms with E-state index in [1.807, 2.05) is 0 Å². The lowest BCUT2D eigenvalue weighted by molar-refractivity contribution is -0.113. The summed E-state index contributed by atoms with van der Waals surface area (Å²) in [5.41, 5.74) is 6.26. The summed E-state index contributed by atoms with van der Waals surface area (Å²) in [7, 11) is 1.60. The molecule has 1 aromatic carbocycles. The molecule has 1 heterocycles. The monoisotopic (exact) mass is 295 g/mol. The number of amides is 1. The number of nitrogens with two attached hydrogens (primary N) is 1. The number of nitrogens with one attached hydrogen (secondary N) is 1. The summed E-state index contributed by atoms with van der Waals surface area (Å²) in [6.45, 7) is 0. The highest BCUT2D eigenvalue weighted by molar-refractivity contribution is 8.01. The maximum atomic E-state index is 11.7. The van der Waals surface area contributed by atoms with Crippen LogP contribution < -0.4 is 15.8 Å². The molecule has 0 bridgehead atoms. The lowest BCUT2D eigenvalue weighted by Gasteiger charge is -2.05. The van der Waals surface area contributed by atoms with Crippen molar-refractivity contribution in [1.29, 1.82) is 0 Å². The van der Waals surface area contributed by atoms with Crippen molar-refractivity contribution in [2.45, 2.75) is 4.21 Å². The van der Waals surface area contributed by atoms with Gasteiger partial charge in [-0.2, -0.15) is 0 Å². The summed E-state index contributed by atoms with van der Waals surface area (Å²) in [6, 6.07) is 7.19. The number of anilines is 2. The molecule has 5 nitrogen and oxygen atoms in total. The van der Waals surface area contributed by atoms with Crippen molar-refractivity contribution in [3.8, 4) is 5.75 Å². The number of nitrogen functional groups attached to an aromatic ring is 1. The number of ether oxygens (including phenoxy) is 1. The fraction of sp³-hybridized carbons (Fsp3) is 0.167. The van der Waals surface area contributed by atoms with Crippen LogP contribution in [-0.4, -0.2) is 23.8 Å². The summed E-state index contributed by atoms with van der Waals surface area (Å²) in [6.07, 6.45) is 1.67. The topological polar surface area (TPSA) is 77.2 Å². The summed E-state index contributed by atoms with van der Waals surface area (Å²) < 4.78 is 5.98. The van der Waals surface area contributed by atoms with Crippen molar-refractivity contribution >= 4 is 39.8 Å². The van der Waals surface area contributed by atoms with Gasteiger partial charge in [-0.1, -0.05) is 11.3 Å². The third-order valence-corrected chi connectivity index (χ3v) is 4.24. The highest BCUT2D eigenvalue weighted by Crippen LogP contribution is 2.26. The largest absolute Gasteiger partial charge is 0.497 e. The number of thioether (sulfide) groups is 1. The van der Waals surface area contributed by atoms with Crippen molar-refractivity contribution in [2.24, 2.45) is 0 Å². The highest BCUT2D eigenvalue weighted by Gasteiger charge is 2.06. The first-order chi connectivity index (χ1) is 9.17. The second kappa shape index (κ2) is 6.44. The Morgan fingerprint density at radius 2 is 2.21 bits per heavy atom. The Kier molecular flexibility index (Phi) is 4.64. The minimum absolute atomic E-state index is 0.0675. The minimum atomic E-state index is -0.0675. The molecule has 2 rings (SSSR count). The van der Waals surface area contributed by atoms with E-state index in [4.69, 9.17) is 10.5 Å². The molecular formula is C12H13N3O2S2. The molecule has 0 aliphatic rings. The molecule has 100 valence electrons. The number of rotatable bonds is 5. The van der Waals surface area contributed by atoms with Gasteiger partial charge >= 0.3 is 0 Å². The number of carbonyl (C=O) groups is 1. The van der Waals surface area contributed by atoms with Crippen LogP contribution in [0.25, 0.3) is 0 Å². The quantitative estimate of drug-likeness (QED) is 0.829. The normalized spacial score (nSPS) is 10.2. The number of thiazole rings is 1. The number of hydrogen-bond donors (Lipinski definition) is 2. The Morgan fingerprint density at radius 3 is 2.79 bits per heavy atom. The molecule has 0 saturated carbocycles. The molecule has 0 radical (unpaired) electrons. The molecule has 0 atom stereocenters. The van der Waals surface area contributed by atoms with Crippen LogP contribution in [0, 0.1) is 0 Å². The van der Waals surface area contributed by atoms with Crippen LogP contribution in [-0.2, 0) is 4.79 Å². The van der Waals surface area contributed by atoms with E-state index in [-0.39, 0.29) is 5.91 Å². The van der Waals surface area contributed by atoms with Crippen LogP contribution in [0.5, 0.6) is 5.75 Å². The number of aromatic nitrogens is 1. The molecule has 3 N–H and O–H groups in total. The number of nitrogens with zero attached hydrogens (tertiary/aromatic N) is 1. The van der Waals surface area contributed by atoms with Crippen molar-refractivity contribution in [3.63, 3.8) is 0 Å². The SMILES string of the molecule is COc1ccc(NC(=O)CSc2cnc(N)s2)cc1. The maximum absolute atomic E-state index is 11.7. The Labute approximate surface area is 119 Å². The fourth-order valence-corrected chi connectivity index (χ4v) is 2.91. The first kappa shape index (κ1) is 13.7. The van der Waals surface area contributed by atoms with E-state index in [0.29, 0.717) is 10.9 Å². The van der Waals surface area contributed by atoms with E-state index in [1.165, 1.54) is 23.1 Å². The lowest BCUT2D eigenvalue weighted by Crippen LogP contribution is -2.13. The average Bonchev–Trinajstić information content (AvgIpc) is 2.83. The van der Waals surface area contributed by atoms with Crippen molar-refractivity contribution < 1.29 is 9.53 Å². The number of hydrogen-bond acceptors (Lipinski definition) is 6. The van der Waals surface area contributed by atoms with Crippen LogP contribution in [0.4, 0.5) is 10.8 Å². The average molecular weight is 295 g/mol. The molecule has 19 heavy (non-hydrogen) atoms. The van der Waals surface area contributed by atoms with E-state index < -0.39 is 0 Å². The second-order valence-electron chi connectivity index (χ2n) is 3.58. The summed E-state index contributed by atoms with van der Waals surface area (Å²) in [4.78, 5) is 15.7. The predicted molar refractivity (Wildman–Crippen MR) is 78.9 cm³/mol. The van der Waals surface area contributed by atoms with Gasteiger partial charge in [-0.05, 0) is 24.3 Å². The molecule has 1 aromatic heterocycles. The van der Waals surface area contributed by atoms with Crippen molar-refractivity contribution in [3.05, 3.63) is 30.5 Å². The minimum Gasteiger partial charge on any atom is -0.497 e. The molecule has 7 heteroatoms. The molecule has 0 aliphatic heterocycles. The molecule has 0 saturated heterocycles. The maximum Gasteiger partial charge on any atom is 0.234 e. The van der Waals surface area contributed by atoms with Crippen LogP contribution >= 0.6 is 23.1 Å². The van der Waals surface area contributed by atoms with Gasteiger partial charge in [0.05, 0.1) is 23.3 Å². The van der Waals surface area contributed by atoms with Crippen molar-refractivity contribution in [1.82, 2.24) is 4.98 Å². The number of methoxy groups -OCH3 is 1. The standard InChI is InChI=1S/C12H13N3O2S2/c1-17-9-4-2-8(3-5-9)15-10(16)7-18-11-6-14-12(13)19-11/h2-6H,7H2,1H3,(H2,13,14)(H,15,16). The van der Waals surface area contributed by atoms with E-state index in [0.717, 1.165) is 15.6 Å². The Hall–Kier alpha value is -1.73. The zero-order chi connectivity index (χ0) is 13.7. The van der Waals surface area contributed by atoms with Gasteiger partial charge in [0.15, 0.2) is 5.13 Å². The molecule has 1 amide bonds. The molecule has 0 aliphatic carbocycles. The second-order valence-corrected chi connectivity index (χ2v) is 5.92.